The third-order valence-corrected chi connectivity index (χ3v) is 3.83. The second-order valence-corrected chi connectivity index (χ2v) is 5.00. The van der Waals surface area contributed by atoms with Gasteiger partial charge >= 0.3 is 0 Å². The van der Waals surface area contributed by atoms with Crippen molar-refractivity contribution in [2.24, 2.45) is 0 Å². The molecule has 0 aliphatic carbocycles. The van der Waals surface area contributed by atoms with Crippen molar-refractivity contribution in [1.29, 1.82) is 0 Å². The molecular formula is C11H19N3OS. The molecule has 2 rings (SSSR count). The van der Waals surface area contributed by atoms with Crippen LogP contribution in [-0.4, -0.2) is 35.7 Å². The summed E-state index contributed by atoms with van der Waals surface area (Å²) in [5.74, 6) is 0.916. The average Bonchev–Trinajstić information content (AvgIpc) is 2.75. The molecule has 2 heterocycles. The van der Waals surface area contributed by atoms with Crippen molar-refractivity contribution < 1.29 is 4.74 Å². The van der Waals surface area contributed by atoms with Gasteiger partial charge in [-0.1, -0.05) is 0 Å². The van der Waals surface area contributed by atoms with Gasteiger partial charge in [-0.25, -0.2) is 4.98 Å². The number of nitrogens with zero attached hydrogens (tertiary/aromatic N) is 3. The van der Waals surface area contributed by atoms with E-state index in [4.69, 9.17) is 4.74 Å². The summed E-state index contributed by atoms with van der Waals surface area (Å²) in [4.78, 5) is 6.96. The van der Waals surface area contributed by atoms with Gasteiger partial charge in [-0.15, -0.1) is 0 Å². The molecule has 1 fully saturated rings. The lowest BCUT2D eigenvalue weighted by Gasteiger charge is -2.32. The minimum atomic E-state index is 0.608. The molecule has 0 amide bonds. The van der Waals surface area contributed by atoms with Gasteiger partial charge in [-0.2, -0.15) is 4.37 Å². The molecule has 5 heteroatoms. The van der Waals surface area contributed by atoms with E-state index in [2.05, 4.69) is 21.2 Å². The highest BCUT2D eigenvalue weighted by Gasteiger charge is 2.21. The first-order chi connectivity index (χ1) is 7.81. The lowest BCUT2D eigenvalue weighted by atomic mass is 10.1. The van der Waals surface area contributed by atoms with Gasteiger partial charge in [-0.05, 0) is 26.2 Å². The molecule has 90 valence electrons. The molecule has 0 radical (unpaired) electrons. The second-order valence-electron chi connectivity index (χ2n) is 4.27. The number of piperidine rings is 1. The molecular weight excluding hydrogens is 222 g/mol. The SMILES string of the molecule is COCCc1nsc(N2CCCCC2C)n1. The fourth-order valence-corrected chi connectivity index (χ4v) is 2.88. The van der Waals surface area contributed by atoms with Crippen LogP contribution in [0, 0.1) is 0 Å². The van der Waals surface area contributed by atoms with Gasteiger partial charge in [0.05, 0.1) is 6.61 Å². The third-order valence-electron chi connectivity index (χ3n) is 3.04. The van der Waals surface area contributed by atoms with Gasteiger partial charge in [0.2, 0.25) is 5.13 Å². The predicted octanol–water partition coefficient (Wildman–Crippen LogP) is 2.11. The van der Waals surface area contributed by atoms with Gasteiger partial charge in [0.25, 0.3) is 0 Å². The topological polar surface area (TPSA) is 38.2 Å². The molecule has 16 heavy (non-hydrogen) atoms. The van der Waals surface area contributed by atoms with E-state index in [0.717, 1.165) is 23.9 Å². The van der Waals surface area contributed by atoms with Crippen LogP contribution < -0.4 is 4.90 Å². The van der Waals surface area contributed by atoms with Crippen molar-refractivity contribution in [3.8, 4) is 0 Å². The molecule has 0 spiro atoms. The van der Waals surface area contributed by atoms with E-state index in [-0.39, 0.29) is 0 Å². The van der Waals surface area contributed by atoms with Gasteiger partial charge in [-0.3, -0.25) is 0 Å². The maximum atomic E-state index is 5.03. The van der Waals surface area contributed by atoms with Crippen LogP contribution in [0.25, 0.3) is 0 Å². The van der Waals surface area contributed by atoms with Crippen LogP contribution in [0.5, 0.6) is 0 Å². The highest BCUT2D eigenvalue weighted by Crippen LogP contribution is 2.25. The quantitative estimate of drug-likeness (QED) is 0.809. The molecule has 1 aromatic rings. The van der Waals surface area contributed by atoms with Gasteiger partial charge in [0.1, 0.15) is 5.82 Å². The third kappa shape index (κ3) is 2.71. The Morgan fingerprint density at radius 1 is 1.50 bits per heavy atom. The Hall–Kier alpha value is -0.680. The molecule has 4 nitrogen and oxygen atoms in total. The highest BCUT2D eigenvalue weighted by atomic mass is 32.1. The molecule has 0 N–H and O–H groups in total. The first-order valence-electron chi connectivity index (χ1n) is 5.89. The Morgan fingerprint density at radius 2 is 2.38 bits per heavy atom. The van der Waals surface area contributed by atoms with Gasteiger partial charge < -0.3 is 9.64 Å². The maximum absolute atomic E-state index is 5.03. The van der Waals surface area contributed by atoms with E-state index in [0.29, 0.717) is 12.6 Å². The second kappa shape index (κ2) is 5.59. The minimum absolute atomic E-state index is 0.608. The number of hydrogen-bond acceptors (Lipinski definition) is 5. The summed E-state index contributed by atoms with van der Waals surface area (Å²) < 4.78 is 9.40. The van der Waals surface area contributed by atoms with E-state index in [1.165, 1.54) is 30.8 Å². The zero-order valence-corrected chi connectivity index (χ0v) is 10.8. The zero-order chi connectivity index (χ0) is 11.4. The van der Waals surface area contributed by atoms with Gasteiger partial charge in [0, 0.05) is 37.6 Å². The van der Waals surface area contributed by atoms with Crippen LogP contribution >= 0.6 is 11.5 Å². The smallest absolute Gasteiger partial charge is 0.205 e. The maximum Gasteiger partial charge on any atom is 0.205 e. The molecule has 1 aliphatic heterocycles. The van der Waals surface area contributed by atoms with Crippen molar-refractivity contribution >= 4 is 16.7 Å². The number of hydrogen-bond donors (Lipinski definition) is 0. The summed E-state index contributed by atoms with van der Waals surface area (Å²) in [6, 6.07) is 0.608. The fourth-order valence-electron chi connectivity index (χ4n) is 2.04. The van der Waals surface area contributed by atoms with Crippen molar-refractivity contribution in [3.63, 3.8) is 0 Å². The molecule has 0 saturated carbocycles. The first-order valence-corrected chi connectivity index (χ1v) is 6.67. The van der Waals surface area contributed by atoms with Crippen LogP contribution in [0.15, 0.2) is 0 Å². The average molecular weight is 241 g/mol. The zero-order valence-electron chi connectivity index (χ0n) is 9.98. The Labute approximate surface area is 101 Å². The molecule has 1 atom stereocenters. The van der Waals surface area contributed by atoms with E-state index >= 15 is 0 Å². The molecule has 0 bridgehead atoms. The Kier molecular flexibility index (Phi) is 4.12. The predicted molar refractivity (Wildman–Crippen MR) is 66.1 cm³/mol. The number of aromatic nitrogens is 2. The minimum Gasteiger partial charge on any atom is -0.384 e. The summed E-state index contributed by atoms with van der Waals surface area (Å²) >= 11 is 1.52. The van der Waals surface area contributed by atoms with E-state index in [1.54, 1.807) is 7.11 Å². The van der Waals surface area contributed by atoms with E-state index < -0.39 is 0 Å². The van der Waals surface area contributed by atoms with Crippen molar-refractivity contribution in [1.82, 2.24) is 9.36 Å². The Bertz CT molecular complexity index is 329. The summed E-state index contributed by atoms with van der Waals surface area (Å²) in [5.41, 5.74) is 0. The molecule has 1 aliphatic rings. The molecule has 1 aromatic heterocycles. The fraction of sp³-hybridized carbons (Fsp3) is 0.818. The molecule has 1 unspecified atom stereocenters. The lowest BCUT2D eigenvalue weighted by Crippen LogP contribution is -2.37. The summed E-state index contributed by atoms with van der Waals surface area (Å²) in [6.45, 7) is 4.10. The summed E-state index contributed by atoms with van der Waals surface area (Å²) in [6.07, 6.45) is 4.70. The molecule has 1 saturated heterocycles. The molecule has 0 aromatic carbocycles. The van der Waals surface area contributed by atoms with Crippen molar-refractivity contribution in [2.75, 3.05) is 25.2 Å². The monoisotopic (exact) mass is 241 g/mol. The van der Waals surface area contributed by atoms with Crippen LogP contribution in [0.3, 0.4) is 0 Å². The van der Waals surface area contributed by atoms with E-state index in [9.17, 15) is 0 Å². The number of anilines is 1. The standard InChI is InChI=1S/C11H19N3OS/c1-9-5-3-4-7-14(9)11-12-10(13-16-11)6-8-15-2/h9H,3-8H2,1-2H3. The number of rotatable bonds is 4. The highest BCUT2D eigenvalue weighted by molar-refractivity contribution is 7.09. The first kappa shape index (κ1) is 11.8. The van der Waals surface area contributed by atoms with Crippen molar-refractivity contribution in [2.45, 2.75) is 38.6 Å². The van der Waals surface area contributed by atoms with Crippen LogP contribution in [0.4, 0.5) is 5.13 Å². The van der Waals surface area contributed by atoms with Crippen LogP contribution in [0.1, 0.15) is 32.0 Å². The summed E-state index contributed by atoms with van der Waals surface area (Å²) in [7, 11) is 1.71. The number of ether oxygens (including phenoxy) is 1. The largest absolute Gasteiger partial charge is 0.384 e. The normalized spacial score (nSPS) is 21.4. The number of methoxy groups -OCH3 is 1. The Balaban J connectivity index is 1.99. The van der Waals surface area contributed by atoms with E-state index in [1.807, 2.05) is 0 Å². The van der Waals surface area contributed by atoms with Crippen LogP contribution in [0.2, 0.25) is 0 Å². The van der Waals surface area contributed by atoms with Gasteiger partial charge in [0.15, 0.2) is 0 Å². The lowest BCUT2D eigenvalue weighted by molar-refractivity contribution is 0.201. The summed E-state index contributed by atoms with van der Waals surface area (Å²) in [5, 5.41) is 1.08. The van der Waals surface area contributed by atoms with Crippen molar-refractivity contribution in [3.05, 3.63) is 5.82 Å². The van der Waals surface area contributed by atoms with Crippen LogP contribution in [-0.2, 0) is 11.2 Å². The Morgan fingerprint density at radius 3 is 3.12 bits per heavy atom.